The zero-order valence-corrected chi connectivity index (χ0v) is 34.4. The smallest absolute Gasteiger partial charge is 0.246 e. The number of aliphatic hydroxyl groups excluding tert-OH is 1. The average molecular weight is 809 g/mol. The summed E-state index contributed by atoms with van der Waals surface area (Å²) in [6.07, 6.45) is 3.28. The molecular formula is C42H48N8O5S2. The van der Waals surface area contributed by atoms with E-state index in [2.05, 4.69) is 55.6 Å². The predicted molar refractivity (Wildman–Crippen MR) is 224 cm³/mol. The summed E-state index contributed by atoms with van der Waals surface area (Å²) in [6.45, 7) is 9.66. The third-order valence-electron chi connectivity index (χ3n) is 11.3. The van der Waals surface area contributed by atoms with E-state index >= 15 is 0 Å². The summed E-state index contributed by atoms with van der Waals surface area (Å²) >= 11 is 3.44. The summed E-state index contributed by atoms with van der Waals surface area (Å²) in [7, 11) is 0. The average Bonchev–Trinajstić information content (AvgIpc) is 4.03. The van der Waals surface area contributed by atoms with Gasteiger partial charge < -0.3 is 35.5 Å². The van der Waals surface area contributed by atoms with Gasteiger partial charge in [0.05, 0.1) is 43.6 Å². The third kappa shape index (κ3) is 7.32. The van der Waals surface area contributed by atoms with Crippen molar-refractivity contribution in [3.8, 4) is 22.3 Å². The standard InChI is InChI=1S/C42H48N8O5S2/c1-21(2)35(43-23(5)52)41(54)49-14-6-8-32(49)39-44-28-12-10-24(16-30(28)46-39)26-19-56-38-27(20-57-37(26)38)25-11-13-29-31(17-25)47-40(45-29)33-9-7-15-50(33)42(55)36(22(3)4)48-34(53)18-51/h10-13,16-17,19-22,32-33,35-36,51H,6-9,14-15,18H2,1-5H3,(H,43,52)(H,44,46)(H,45,47)(H,48,53)/t32?,33?,35-,36-/m0/s1. The lowest BCUT2D eigenvalue weighted by atomic mass is 10.0. The van der Waals surface area contributed by atoms with Crippen molar-refractivity contribution in [2.45, 2.75) is 84.5 Å². The second-order valence-corrected chi connectivity index (χ2v) is 17.7. The van der Waals surface area contributed by atoms with E-state index in [1.54, 1.807) is 27.6 Å². The van der Waals surface area contributed by atoms with Crippen LogP contribution in [0.1, 0.15) is 84.0 Å². The summed E-state index contributed by atoms with van der Waals surface area (Å²) in [5, 5.41) is 19.2. The lowest BCUT2D eigenvalue weighted by molar-refractivity contribution is -0.139. The van der Waals surface area contributed by atoms with Gasteiger partial charge >= 0.3 is 0 Å². The molecule has 298 valence electrons. The molecule has 0 spiro atoms. The van der Waals surface area contributed by atoms with Crippen LogP contribution in [0.4, 0.5) is 0 Å². The quantitative estimate of drug-likeness (QED) is 0.0971. The third-order valence-corrected chi connectivity index (χ3v) is 13.5. The fourth-order valence-corrected chi connectivity index (χ4v) is 10.8. The lowest BCUT2D eigenvalue weighted by Gasteiger charge is -2.30. The molecule has 4 aromatic heterocycles. The summed E-state index contributed by atoms with van der Waals surface area (Å²) in [5.74, 6) is 0.316. The highest BCUT2D eigenvalue weighted by molar-refractivity contribution is 7.27. The first-order valence-corrected chi connectivity index (χ1v) is 21.4. The number of hydrogen-bond acceptors (Lipinski definition) is 9. The molecule has 0 saturated carbocycles. The Kier molecular flexibility index (Phi) is 10.7. The van der Waals surface area contributed by atoms with E-state index in [9.17, 15) is 24.3 Å². The summed E-state index contributed by atoms with van der Waals surface area (Å²) in [5.41, 5.74) is 7.94. The van der Waals surface area contributed by atoms with Gasteiger partial charge in [-0.15, -0.1) is 22.7 Å². The van der Waals surface area contributed by atoms with E-state index in [0.717, 1.165) is 81.7 Å². The van der Waals surface area contributed by atoms with Gasteiger partial charge in [0.1, 0.15) is 30.3 Å². The maximum atomic E-state index is 13.7. The maximum Gasteiger partial charge on any atom is 0.246 e. The topological polar surface area (TPSA) is 176 Å². The van der Waals surface area contributed by atoms with Crippen molar-refractivity contribution in [1.29, 1.82) is 0 Å². The Morgan fingerprint density at radius 2 is 1.21 bits per heavy atom. The monoisotopic (exact) mass is 808 g/mol. The van der Waals surface area contributed by atoms with Crippen LogP contribution in [0.2, 0.25) is 0 Å². The minimum absolute atomic E-state index is 0.0333. The Bertz CT molecular complexity index is 2500. The molecular weight excluding hydrogens is 761 g/mol. The van der Waals surface area contributed by atoms with Crippen molar-refractivity contribution in [2.75, 3.05) is 19.7 Å². The molecule has 2 aliphatic rings. The van der Waals surface area contributed by atoms with Crippen LogP contribution in [0.15, 0.2) is 47.2 Å². The number of carbonyl (C=O) groups is 4. The van der Waals surface area contributed by atoms with E-state index in [1.807, 2.05) is 44.7 Å². The molecule has 15 heteroatoms. The van der Waals surface area contributed by atoms with E-state index in [-0.39, 0.29) is 41.6 Å². The normalized spacial score (nSPS) is 18.4. The first kappa shape index (κ1) is 38.7. The number of benzene rings is 2. The van der Waals surface area contributed by atoms with Crippen LogP contribution in [-0.4, -0.2) is 90.3 Å². The molecule has 2 unspecified atom stereocenters. The van der Waals surface area contributed by atoms with Crippen LogP contribution >= 0.6 is 22.7 Å². The fraction of sp³-hybridized carbons (Fsp3) is 0.429. The van der Waals surface area contributed by atoms with Gasteiger partial charge in [0.2, 0.25) is 23.6 Å². The molecule has 8 rings (SSSR count). The number of aliphatic hydroxyl groups is 1. The van der Waals surface area contributed by atoms with Gasteiger partial charge in [-0.2, -0.15) is 0 Å². The number of nitrogens with one attached hydrogen (secondary N) is 4. The van der Waals surface area contributed by atoms with E-state index in [1.165, 1.54) is 16.3 Å². The van der Waals surface area contributed by atoms with Gasteiger partial charge in [0.25, 0.3) is 0 Å². The van der Waals surface area contributed by atoms with Crippen LogP contribution in [0.5, 0.6) is 0 Å². The molecule has 0 radical (unpaired) electrons. The second kappa shape index (κ2) is 15.7. The molecule has 0 aliphatic carbocycles. The number of carbonyl (C=O) groups excluding carboxylic acids is 4. The van der Waals surface area contributed by atoms with E-state index < -0.39 is 24.6 Å². The molecule has 5 N–H and O–H groups in total. The summed E-state index contributed by atoms with van der Waals surface area (Å²) in [4.78, 5) is 71.7. The van der Waals surface area contributed by atoms with Gasteiger partial charge in [-0.25, -0.2) is 9.97 Å². The number of rotatable bonds is 11. The number of amides is 4. The summed E-state index contributed by atoms with van der Waals surface area (Å²) < 4.78 is 2.41. The highest BCUT2D eigenvalue weighted by Crippen LogP contribution is 2.45. The molecule has 4 atom stereocenters. The second-order valence-electron chi connectivity index (χ2n) is 15.9. The lowest BCUT2D eigenvalue weighted by Crippen LogP contribution is -2.51. The van der Waals surface area contributed by atoms with Gasteiger partial charge in [0, 0.05) is 41.9 Å². The van der Waals surface area contributed by atoms with Crippen LogP contribution in [-0.2, 0) is 19.2 Å². The SMILES string of the molecule is CC(=O)N[C@H](C(=O)N1CCCC1c1nc2ccc(-c3csc4c(-c5ccc6nc(C7CCCN7C(=O)[C@@H](NC(=O)CO)C(C)C)[nH]c6c5)csc34)cc2[nH]1)C(C)C. The van der Waals surface area contributed by atoms with Gasteiger partial charge in [0.15, 0.2) is 0 Å². The van der Waals surface area contributed by atoms with Crippen molar-refractivity contribution in [3.05, 3.63) is 58.8 Å². The molecule has 13 nitrogen and oxygen atoms in total. The van der Waals surface area contributed by atoms with Crippen molar-refractivity contribution in [2.24, 2.45) is 11.8 Å². The molecule has 2 aliphatic heterocycles. The number of aromatic amines is 2. The van der Waals surface area contributed by atoms with Crippen LogP contribution in [0.3, 0.4) is 0 Å². The van der Waals surface area contributed by atoms with Crippen LogP contribution < -0.4 is 10.6 Å². The number of imidazole rings is 2. The molecule has 4 amide bonds. The minimum atomic E-state index is -0.725. The number of H-pyrrole nitrogens is 2. The van der Waals surface area contributed by atoms with Gasteiger partial charge in [-0.3, -0.25) is 19.2 Å². The molecule has 6 heterocycles. The van der Waals surface area contributed by atoms with Crippen molar-refractivity contribution in [3.63, 3.8) is 0 Å². The van der Waals surface area contributed by atoms with Crippen LogP contribution in [0.25, 0.3) is 53.7 Å². The fourth-order valence-electron chi connectivity index (χ4n) is 8.38. The van der Waals surface area contributed by atoms with Crippen LogP contribution in [0, 0.1) is 11.8 Å². The first-order valence-electron chi connectivity index (χ1n) is 19.7. The van der Waals surface area contributed by atoms with Gasteiger partial charge in [-0.05, 0) is 72.9 Å². The maximum absolute atomic E-state index is 13.7. The van der Waals surface area contributed by atoms with E-state index in [0.29, 0.717) is 13.1 Å². The van der Waals surface area contributed by atoms with Crippen molar-refractivity contribution >= 4 is 77.8 Å². The first-order chi connectivity index (χ1) is 27.4. The Balaban J connectivity index is 1.03. The Hall–Kier alpha value is -5.12. The zero-order valence-electron chi connectivity index (χ0n) is 32.7. The predicted octanol–water partition coefficient (Wildman–Crippen LogP) is 6.67. The number of nitrogens with zero attached hydrogens (tertiary/aromatic N) is 4. The molecule has 2 aromatic carbocycles. The largest absolute Gasteiger partial charge is 0.387 e. The molecule has 6 aromatic rings. The number of hydrogen-bond donors (Lipinski definition) is 5. The number of likely N-dealkylation sites (tertiary alicyclic amines) is 2. The van der Waals surface area contributed by atoms with Gasteiger partial charge in [-0.1, -0.05) is 39.8 Å². The molecule has 2 saturated heterocycles. The highest BCUT2D eigenvalue weighted by Gasteiger charge is 2.38. The number of fused-ring (bicyclic) bond motifs is 3. The Labute approximate surface area is 338 Å². The Morgan fingerprint density at radius 3 is 1.63 bits per heavy atom. The van der Waals surface area contributed by atoms with Crippen molar-refractivity contribution in [1.82, 2.24) is 40.4 Å². The minimum Gasteiger partial charge on any atom is -0.387 e. The van der Waals surface area contributed by atoms with Crippen molar-refractivity contribution < 1.29 is 24.3 Å². The summed E-state index contributed by atoms with van der Waals surface area (Å²) in [6, 6.07) is 10.8. The molecule has 0 bridgehead atoms. The number of thiophene rings is 2. The van der Waals surface area contributed by atoms with E-state index in [4.69, 9.17) is 9.97 Å². The molecule has 2 fully saturated rings. The zero-order chi connectivity index (χ0) is 40.1. The molecule has 57 heavy (non-hydrogen) atoms. The highest BCUT2D eigenvalue weighted by atomic mass is 32.1. The Morgan fingerprint density at radius 1 is 0.754 bits per heavy atom. The number of aromatic nitrogens is 4.